The number of phenols is 1. The Morgan fingerprint density at radius 3 is 2.15 bits per heavy atom. The highest BCUT2D eigenvalue weighted by Gasteiger charge is 2.51. The molecule has 4 saturated carbocycles. The molecule has 0 aliphatic heterocycles. The highest BCUT2D eigenvalue weighted by molar-refractivity contribution is 5.98. The first-order valence-electron chi connectivity index (χ1n) is 7.95. The van der Waals surface area contributed by atoms with E-state index in [1.807, 2.05) is 6.07 Å². The van der Waals surface area contributed by atoms with Crippen LogP contribution >= 0.6 is 0 Å². The summed E-state index contributed by atoms with van der Waals surface area (Å²) in [7, 11) is 0. The first-order chi connectivity index (χ1) is 9.63. The molecule has 4 bridgehead atoms. The Balaban J connectivity index is 1.57. The molecular formula is C18H22O2. The van der Waals surface area contributed by atoms with Crippen molar-refractivity contribution in [2.24, 2.45) is 23.2 Å². The summed E-state index contributed by atoms with van der Waals surface area (Å²) in [4.78, 5) is 12.6. The summed E-state index contributed by atoms with van der Waals surface area (Å²) in [5.74, 6) is 2.91. The number of benzene rings is 1. The van der Waals surface area contributed by atoms with Crippen LogP contribution in [-0.2, 0) is 0 Å². The second-order valence-electron chi connectivity index (χ2n) is 7.53. The minimum absolute atomic E-state index is 0.141. The highest BCUT2D eigenvalue weighted by Crippen LogP contribution is 2.61. The minimum atomic E-state index is 0.141. The van der Waals surface area contributed by atoms with Crippen LogP contribution in [-0.4, -0.2) is 10.9 Å². The molecule has 1 aromatic rings. The Bertz CT molecular complexity index is 511. The van der Waals surface area contributed by atoms with Gasteiger partial charge < -0.3 is 5.11 Å². The molecule has 0 spiro atoms. The zero-order valence-corrected chi connectivity index (χ0v) is 11.8. The zero-order chi connectivity index (χ0) is 13.7. The van der Waals surface area contributed by atoms with Gasteiger partial charge in [0.2, 0.25) is 0 Å². The van der Waals surface area contributed by atoms with Gasteiger partial charge in [-0.05, 0) is 73.8 Å². The molecule has 0 amide bonds. The van der Waals surface area contributed by atoms with Crippen molar-refractivity contribution in [3.05, 3.63) is 29.8 Å². The van der Waals surface area contributed by atoms with Crippen LogP contribution in [0.4, 0.5) is 0 Å². The van der Waals surface area contributed by atoms with E-state index in [4.69, 9.17) is 0 Å². The first-order valence-corrected chi connectivity index (χ1v) is 7.95. The number of carbonyl (C=O) groups excluding carboxylic acids is 1. The number of ketones is 1. The number of carbonyl (C=O) groups is 1. The van der Waals surface area contributed by atoms with Crippen LogP contribution in [0.3, 0.4) is 0 Å². The molecule has 1 aromatic carbocycles. The largest absolute Gasteiger partial charge is 0.507 e. The van der Waals surface area contributed by atoms with Gasteiger partial charge in [-0.3, -0.25) is 4.79 Å². The maximum atomic E-state index is 12.6. The average Bonchev–Trinajstić information content (AvgIpc) is 2.36. The molecule has 5 rings (SSSR count). The van der Waals surface area contributed by atoms with E-state index < -0.39 is 0 Å². The summed E-state index contributed by atoms with van der Waals surface area (Å²) >= 11 is 0. The number of hydrogen-bond donors (Lipinski definition) is 1. The van der Waals surface area contributed by atoms with Crippen LogP contribution in [0.15, 0.2) is 24.3 Å². The molecule has 0 atom stereocenters. The lowest BCUT2D eigenvalue weighted by molar-refractivity contribution is -0.0524. The Morgan fingerprint density at radius 2 is 1.60 bits per heavy atom. The van der Waals surface area contributed by atoms with Gasteiger partial charge in [-0.1, -0.05) is 12.1 Å². The number of aromatic hydroxyl groups is 1. The van der Waals surface area contributed by atoms with Gasteiger partial charge in [0.05, 0.1) is 5.56 Å². The van der Waals surface area contributed by atoms with Crippen molar-refractivity contribution in [3.63, 3.8) is 0 Å². The second kappa shape index (κ2) is 4.34. The van der Waals surface area contributed by atoms with E-state index in [0.29, 0.717) is 12.0 Å². The Kier molecular flexibility index (Phi) is 2.70. The molecule has 0 heterocycles. The van der Waals surface area contributed by atoms with Crippen molar-refractivity contribution < 1.29 is 9.90 Å². The lowest BCUT2D eigenvalue weighted by atomic mass is 9.48. The van der Waals surface area contributed by atoms with Crippen LogP contribution in [0.5, 0.6) is 5.75 Å². The van der Waals surface area contributed by atoms with E-state index in [2.05, 4.69) is 0 Å². The third-order valence-corrected chi connectivity index (χ3v) is 5.91. The van der Waals surface area contributed by atoms with E-state index >= 15 is 0 Å². The molecule has 4 aliphatic rings. The number of para-hydroxylation sites is 1. The fourth-order valence-corrected chi connectivity index (χ4v) is 5.65. The van der Waals surface area contributed by atoms with Gasteiger partial charge in [0, 0.05) is 6.42 Å². The summed E-state index contributed by atoms with van der Waals surface area (Å²) in [6.45, 7) is 0. The van der Waals surface area contributed by atoms with Crippen molar-refractivity contribution in [2.45, 2.75) is 44.9 Å². The Morgan fingerprint density at radius 1 is 1.05 bits per heavy atom. The van der Waals surface area contributed by atoms with E-state index in [1.165, 1.54) is 38.5 Å². The zero-order valence-electron chi connectivity index (χ0n) is 11.8. The quantitative estimate of drug-likeness (QED) is 0.836. The van der Waals surface area contributed by atoms with Gasteiger partial charge in [-0.2, -0.15) is 0 Å². The third-order valence-electron chi connectivity index (χ3n) is 5.91. The molecule has 2 heteroatoms. The number of Topliss-reactive ketones (excluding diaryl/α,β-unsaturated/α-hetero) is 1. The van der Waals surface area contributed by atoms with Gasteiger partial charge in [-0.15, -0.1) is 0 Å². The summed E-state index contributed by atoms with van der Waals surface area (Å²) in [5.41, 5.74) is 0.775. The SMILES string of the molecule is O=C(CC12CC3CC(CC(C3)C1)C2)c1ccccc1O. The normalized spacial score (nSPS) is 38.1. The van der Waals surface area contributed by atoms with Crippen molar-refractivity contribution >= 4 is 5.78 Å². The van der Waals surface area contributed by atoms with Crippen LogP contribution in [0.1, 0.15) is 55.3 Å². The van der Waals surface area contributed by atoms with Gasteiger partial charge >= 0.3 is 0 Å². The molecule has 20 heavy (non-hydrogen) atoms. The van der Waals surface area contributed by atoms with Gasteiger partial charge in [0.25, 0.3) is 0 Å². The standard InChI is InChI=1S/C18H22O2/c19-16-4-2-1-3-15(16)17(20)11-18-8-12-5-13(9-18)7-14(6-12)10-18/h1-4,12-14,19H,5-11H2. The minimum Gasteiger partial charge on any atom is -0.507 e. The Labute approximate surface area is 120 Å². The number of rotatable bonds is 3. The van der Waals surface area contributed by atoms with Gasteiger partial charge in [-0.25, -0.2) is 0 Å². The summed E-state index contributed by atoms with van der Waals surface area (Å²) < 4.78 is 0. The third kappa shape index (κ3) is 1.97. The molecule has 2 nitrogen and oxygen atoms in total. The molecule has 1 N–H and O–H groups in total. The van der Waals surface area contributed by atoms with E-state index in [-0.39, 0.29) is 16.9 Å². The molecule has 106 valence electrons. The maximum absolute atomic E-state index is 12.6. The molecule has 0 unspecified atom stereocenters. The van der Waals surface area contributed by atoms with Crippen LogP contribution in [0.25, 0.3) is 0 Å². The van der Waals surface area contributed by atoms with E-state index in [9.17, 15) is 9.90 Å². The lowest BCUT2D eigenvalue weighted by Gasteiger charge is -2.56. The first kappa shape index (κ1) is 12.4. The lowest BCUT2D eigenvalue weighted by Crippen LogP contribution is -2.46. The molecule has 4 aliphatic carbocycles. The summed E-state index contributed by atoms with van der Waals surface area (Å²) in [5, 5.41) is 9.87. The fraction of sp³-hybridized carbons (Fsp3) is 0.611. The monoisotopic (exact) mass is 270 g/mol. The van der Waals surface area contributed by atoms with E-state index in [1.54, 1.807) is 18.2 Å². The van der Waals surface area contributed by atoms with Gasteiger partial charge in [0.15, 0.2) is 5.78 Å². The van der Waals surface area contributed by atoms with Crippen molar-refractivity contribution in [3.8, 4) is 5.75 Å². The second-order valence-corrected chi connectivity index (χ2v) is 7.53. The number of phenolic OH excluding ortho intramolecular Hbond substituents is 1. The van der Waals surface area contributed by atoms with Crippen LogP contribution < -0.4 is 0 Å². The molecular weight excluding hydrogens is 248 g/mol. The smallest absolute Gasteiger partial charge is 0.167 e. The molecule has 4 fully saturated rings. The van der Waals surface area contributed by atoms with Gasteiger partial charge in [0.1, 0.15) is 5.75 Å². The summed E-state index contributed by atoms with van der Waals surface area (Å²) in [6.07, 6.45) is 8.61. The number of hydrogen-bond acceptors (Lipinski definition) is 2. The van der Waals surface area contributed by atoms with Crippen LogP contribution in [0.2, 0.25) is 0 Å². The van der Waals surface area contributed by atoms with E-state index in [0.717, 1.165) is 17.8 Å². The van der Waals surface area contributed by atoms with Crippen LogP contribution in [0, 0.1) is 23.2 Å². The van der Waals surface area contributed by atoms with Crippen molar-refractivity contribution in [1.29, 1.82) is 0 Å². The highest BCUT2D eigenvalue weighted by atomic mass is 16.3. The Hall–Kier alpha value is -1.31. The van der Waals surface area contributed by atoms with Crippen molar-refractivity contribution in [1.82, 2.24) is 0 Å². The summed E-state index contributed by atoms with van der Waals surface area (Å²) in [6, 6.07) is 6.99. The predicted molar refractivity (Wildman–Crippen MR) is 77.7 cm³/mol. The molecule has 0 radical (unpaired) electrons. The fourth-order valence-electron chi connectivity index (χ4n) is 5.65. The average molecular weight is 270 g/mol. The predicted octanol–water partition coefficient (Wildman–Crippen LogP) is 4.18. The molecule has 0 saturated heterocycles. The topological polar surface area (TPSA) is 37.3 Å². The maximum Gasteiger partial charge on any atom is 0.167 e. The van der Waals surface area contributed by atoms with Crippen molar-refractivity contribution in [2.75, 3.05) is 0 Å². The molecule has 0 aromatic heterocycles.